The monoisotopic (exact) mass is 216 g/mol. The van der Waals surface area contributed by atoms with Gasteiger partial charge in [0.2, 0.25) is 0 Å². The van der Waals surface area contributed by atoms with E-state index in [1.165, 1.54) is 0 Å². The van der Waals surface area contributed by atoms with Gasteiger partial charge in [-0.05, 0) is 24.1 Å². The summed E-state index contributed by atoms with van der Waals surface area (Å²) in [6, 6.07) is 2.77. The minimum absolute atomic E-state index is 0.0634. The molecular weight excluding hydrogens is 202 g/mol. The van der Waals surface area contributed by atoms with Crippen LogP contribution in [0.4, 0.5) is 8.78 Å². The number of benzene rings is 1. The molecule has 2 nitrogen and oxygen atoms in total. The fraction of sp³-hybridized carbons (Fsp3) is 0.455. The fourth-order valence-corrected chi connectivity index (χ4v) is 1.42. The van der Waals surface area contributed by atoms with Crippen molar-refractivity contribution in [3.8, 4) is 0 Å². The van der Waals surface area contributed by atoms with E-state index in [2.05, 4.69) is 0 Å². The maximum absolute atomic E-state index is 12.8. The highest BCUT2D eigenvalue weighted by molar-refractivity contribution is 5.20. The SMILES string of the molecule is CCCC(O)C(O)c1cc(F)cc(F)c1. The minimum Gasteiger partial charge on any atom is -0.390 e. The first-order valence-corrected chi connectivity index (χ1v) is 4.86. The van der Waals surface area contributed by atoms with Crippen molar-refractivity contribution in [2.75, 3.05) is 0 Å². The van der Waals surface area contributed by atoms with Crippen LogP contribution in [0.2, 0.25) is 0 Å². The molecule has 0 aliphatic rings. The molecule has 15 heavy (non-hydrogen) atoms. The number of halogens is 2. The first kappa shape index (κ1) is 12.1. The molecule has 0 aliphatic heterocycles. The van der Waals surface area contributed by atoms with Gasteiger partial charge < -0.3 is 10.2 Å². The van der Waals surface area contributed by atoms with Gasteiger partial charge in [-0.1, -0.05) is 13.3 Å². The Hall–Kier alpha value is -1.00. The summed E-state index contributed by atoms with van der Waals surface area (Å²) in [4.78, 5) is 0. The van der Waals surface area contributed by atoms with E-state index < -0.39 is 23.8 Å². The van der Waals surface area contributed by atoms with E-state index in [1.807, 2.05) is 6.92 Å². The first-order valence-electron chi connectivity index (χ1n) is 4.86. The molecular formula is C11H14F2O2. The molecule has 0 saturated heterocycles. The molecule has 0 fully saturated rings. The van der Waals surface area contributed by atoms with Gasteiger partial charge in [0.05, 0.1) is 6.10 Å². The van der Waals surface area contributed by atoms with Gasteiger partial charge in [0.15, 0.2) is 0 Å². The molecule has 2 atom stereocenters. The summed E-state index contributed by atoms with van der Waals surface area (Å²) in [5.41, 5.74) is 0.0634. The second-order valence-electron chi connectivity index (χ2n) is 3.50. The number of aliphatic hydroxyl groups excluding tert-OH is 2. The Morgan fingerprint density at radius 2 is 1.67 bits per heavy atom. The normalized spacial score (nSPS) is 15.0. The van der Waals surface area contributed by atoms with Crippen LogP contribution in [0.3, 0.4) is 0 Å². The summed E-state index contributed by atoms with van der Waals surface area (Å²) >= 11 is 0. The number of aliphatic hydroxyl groups is 2. The van der Waals surface area contributed by atoms with Crippen LogP contribution in [0.15, 0.2) is 18.2 Å². The molecule has 1 rings (SSSR count). The Morgan fingerprint density at radius 3 is 2.13 bits per heavy atom. The summed E-state index contributed by atoms with van der Waals surface area (Å²) in [6.07, 6.45) is -1.15. The number of rotatable bonds is 4. The van der Waals surface area contributed by atoms with Gasteiger partial charge in [-0.3, -0.25) is 0 Å². The molecule has 4 heteroatoms. The third-order valence-electron chi connectivity index (χ3n) is 2.18. The Labute approximate surface area is 87.2 Å². The van der Waals surface area contributed by atoms with Gasteiger partial charge in [-0.25, -0.2) is 8.78 Å². The van der Waals surface area contributed by atoms with Crippen LogP contribution in [-0.2, 0) is 0 Å². The maximum atomic E-state index is 12.8. The van der Waals surface area contributed by atoms with Crippen LogP contribution < -0.4 is 0 Å². The molecule has 0 heterocycles. The standard InChI is InChI=1S/C11H14F2O2/c1-2-3-10(14)11(15)7-4-8(12)6-9(13)5-7/h4-6,10-11,14-15H,2-3H2,1H3. The summed E-state index contributed by atoms with van der Waals surface area (Å²) in [7, 11) is 0. The largest absolute Gasteiger partial charge is 0.390 e. The van der Waals surface area contributed by atoms with Crippen molar-refractivity contribution in [2.45, 2.75) is 32.0 Å². The van der Waals surface area contributed by atoms with Crippen molar-refractivity contribution in [1.82, 2.24) is 0 Å². The predicted molar refractivity (Wildman–Crippen MR) is 52.2 cm³/mol. The van der Waals surface area contributed by atoms with Crippen LogP contribution in [0, 0.1) is 11.6 Å². The maximum Gasteiger partial charge on any atom is 0.126 e. The smallest absolute Gasteiger partial charge is 0.126 e. The second-order valence-corrected chi connectivity index (χ2v) is 3.50. The van der Waals surface area contributed by atoms with Crippen LogP contribution in [0.1, 0.15) is 31.4 Å². The zero-order valence-electron chi connectivity index (χ0n) is 8.45. The van der Waals surface area contributed by atoms with Crippen LogP contribution >= 0.6 is 0 Å². The van der Waals surface area contributed by atoms with Gasteiger partial charge in [0.25, 0.3) is 0 Å². The molecule has 2 N–H and O–H groups in total. The van der Waals surface area contributed by atoms with E-state index in [-0.39, 0.29) is 5.56 Å². The summed E-state index contributed by atoms with van der Waals surface area (Å²) < 4.78 is 25.6. The van der Waals surface area contributed by atoms with Crippen molar-refractivity contribution in [3.63, 3.8) is 0 Å². The molecule has 2 unspecified atom stereocenters. The van der Waals surface area contributed by atoms with Gasteiger partial charge >= 0.3 is 0 Å². The van der Waals surface area contributed by atoms with Gasteiger partial charge in [-0.2, -0.15) is 0 Å². The van der Waals surface area contributed by atoms with Crippen molar-refractivity contribution in [2.24, 2.45) is 0 Å². The lowest BCUT2D eigenvalue weighted by Gasteiger charge is -2.17. The lowest BCUT2D eigenvalue weighted by atomic mass is 10.0. The van der Waals surface area contributed by atoms with E-state index in [9.17, 15) is 19.0 Å². The van der Waals surface area contributed by atoms with Gasteiger partial charge in [0, 0.05) is 6.07 Å². The van der Waals surface area contributed by atoms with Crippen molar-refractivity contribution < 1.29 is 19.0 Å². The van der Waals surface area contributed by atoms with Crippen LogP contribution in [0.5, 0.6) is 0 Å². The minimum atomic E-state index is -1.24. The van der Waals surface area contributed by atoms with E-state index in [1.54, 1.807) is 0 Å². The summed E-state index contributed by atoms with van der Waals surface area (Å²) in [5.74, 6) is -1.51. The molecule has 0 aliphatic carbocycles. The van der Waals surface area contributed by atoms with Crippen LogP contribution in [-0.4, -0.2) is 16.3 Å². The quantitative estimate of drug-likeness (QED) is 0.809. The third-order valence-corrected chi connectivity index (χ3v) is 2.18. The van der Waals surface area contributed by atoms with Crippen molar-refractivity contribution in [1.29, 1.82) is 0 Å². The molecule has 0 spiro atoms. The molecule has 0 radical (unpaired) electrons. The van der Waals surface area contributed by atoms with Gasteiger partial charge in [-0.15, -0.1) is 0 Å². The predicted octanol–water partition coefficient (Wildman–Crippen LogP) is 2.16. The number of hydrogen-bond donors (Lipinski definition) is 2. The molecule has 0 amide bonds. The molecule has 1 aromatic rings. The molecule has 0 saturated carbocycles. The topological polar surface area (TPSA) is 40.5 Å². The van der Waals surface area contributed by atoms with E-state index >= 15 is 0 Å². The van der Waals surface area contributed by atoms with Crippen LogP contribution in [0.25, 0.3) is 0 Å². The zero-order valence-corrected chi connectivity index (χ0v) is 8.45. The third kappa shape index (κ3) is 3.25. The highest BCUT2D eigenvalue weighted by Crippen LogP contribution is 2.21. The Balaban J connectivity index is 2.85. The Kier molecular flexibility index (Phi) is 4.17. The Morgan fingerprint density at radius 1 is 1.13 bits per heavy atom. The average Bonchev–Trinajstić information content (AvgIpc) is 2.15. The van der Waals surface area contributed by atoms with E-state index in [4.69, 9.17) is 0 Å². The lowest BCUT2D eigenvalue weighted by Crippen LogP contribution is -2.18. The summed E-state index contributed by atoms with van der Waals surface area (Å²) in [5, 5.41) is 19.0. The second kappa shape index (κ2) is 5.19. The number of hydrogen-bond acceptors (Lipinski definition) is 2. The van der Waals surface area contributed by atoms with E-state index in [0.29, 0.717) is 12.8 Å². The highest BCUT2D eigenvalue weighted by atomic mass is 19.1. The fourth-order valence-electron chi connectivity index (χ4n) is 1.42. The molecule has 1 aromatic carbocycles. The van der Waals surface area contributed by atoms with E-state index in [0.717, 1.165) is 18.2 Å². The molecule has 84 valence electrons. The van der Waals surface area contributed by atoms with Crippen molar-refractivity contribution in [3.05, 3.63) is 35.4 Å². The highest BCUT2D eigenvalue weighted by Gasteiger charge is 2.18. The zero-order chi connectivity index (χ0) is 11.4. The average molecular weight is 216 g/mol. The Bertz CT molecular complexity index is 308. The molecule has 0 bridgehead atoms. The summed E-state index contributed by atoms with van der Waals surface area (Å²) in [6.45, 7) is 1.85. The molecule has 0 aromatic heterocycles. The first-order chi connectivity index (χ1) is 7.04. The lowest BCUT2D eigenvalue weighted by molar-refractivity contribution is 0.0128. The van der Waals surface area contributed by atoms with Crippen molar-refractivity contribution >= 4 is 0 Å². The van der Waals surface area contributed by atoms with Gasteiger partial charge in [0.1, 0.15) is 17.7 Å².